The van der Waals surface area contributed by atoms with Gasteiger partial charge in [0.25, 0.3) is 5.56 Å². The van der Waals surface area contributed by atoms with Gasteiger partial charge < -0.3 is 4.90 Å². The molecule has 1 unspecified atom stereocenters. The molecule has 2 aromatic rings. The summed E-state index contributed by atoms with van der Waals surface area (Å²) in [7, 11) is 0. The van der Waals surface area contributed by atoms with E-state index in [-0.39, 0.29) is 5.56 Å². The molecule has 0 saturated carbocycles. The molecule has 0 radical (unpaired) electrons. The Labute approximate surface area is 167 Å². The van der Waals surface area contributed by atoms with Crippen LogP contribution in [0.3, 0.4) is 0 Å². The number of hydrogen-bond acceptors (Lipinski definition) is 5. The average molecular weight is 382 g/mol. The van der Waals surface area contributed by atoms with Crippen LogP contribution < -0.4 is 5.56 Å². The Bertz CT molecular complexity index is 798. The molecule has 2 fully saturated rings. The fourth-order valence-corrected chi connectivity index (χ4v) is 4.47. The highest BCUT2D eigenvalue weighted by Crippen LogP contribution is 2.19. The van der Waals surface area contributed by atoms with Crippen molar-refractivity contribution >= 4 is 0 Å². The van der Waals surface area contributed by atoms with Gasteiger partial charge in [-0.2, -0.15) is 5.10 Å². The largest absolute Gasteiger partial charge is 0.302 e. The molecule has 2 aromatic heterocycles. The van der Waals surface area contributed by atoms with E-state index >= 15 is 0 Å². The second-order valence-electron chi connectivity index (χ2n) is 8.07. The van der Waals surface area contributed by atoms with Crippen LogP contribution in [0.2, 0.25) is 0 Å². The van der Waals surface area contributed by atoms with E-state index in [2.05, 4.69) is 19.9 Å². The minimum Gasteiger partial charge on any atom is -0.302 e. The summed E-state index contributed by atoms with van der Waals surface area (Å²) in [6.45, 7) is 6.54. The quantitative estimate of drug-likeness (QED) is 0.770. The Morgan fingerprint density at radius 3 is 2.61 bits per heavy atom. The Hall–Kier alpha value is -2.05. The minimum absolute atomic E-state index is 0.0213. The Morgan fingerprint density at radius 2 is 1.82 bits per heavy atom. The van der Waals surface area contributed by atoms with Crippen LogP contribution in [0, 0.1) is 0 Å². The molecule has 4 rings (SSSR count). The monoisotopic (exact) mass is 381 g/mol. The van der Waals surface area contributed by atoms with Crippen LogP contribution in [0.1, 0.15) is 38.5 Å². The van der Waals surface area contributed by atoms with Crippen LogP contribution in [0.25, 0.3) is 11.3 Å². The lowest BCUT2D eigenvalue weighted by molar-refractivity contribution is 0.182. The topological polar surface area (TPSA) is 54.3 Å². The van der Waals surface area contributed by atoms with E-state index in [0.717, 1.165) is 37.3 Å². The van der Waals surface area contributed by atoms with Crippen LogP contribution in [0.5, 0.6) is 0 Å². The van der Waals surface area contributed by atoms with Crippen molar-refractivity contribution in [3.05, 3.63) is 47.0 Å². The van der Waals surface area contributed by atoms with E-state index in [1.54, 1.807) is 29.2 Å². The zero-order valence-corrected chi connectivity index (χ0v) is 16.7. The first-order chi connectivity index (χ1) is 13.8. The van der Waals surface area contributed by atoms with Crippen molar-refractivity contribution in [2.45, 2.75) is 51.1 Å². The van der Waals surface area contributed by atoms with Crippen molar-refractivity contribution in [1.82, 2.24) is 24.6 Å². The van der Waals surface area contributed by atoms with Gasteiger partial charge in [-0.05, 0) is 63.5 Å². The van der Waals surface area contributed by atoms with Gasteiger partial charge in [-0.1, -0.05) is 12.8 Å². The Morgan fingerprint density at radius 1 is 0.964 bits per heavy atom. The summed E-state index contributed by atoms with van der Waals surface area (Å²) in [6.07, 6.45) is 11.3. The number of hydrogen-bond donors (Lipinski definition) is 0. The van der Waals surface area contributed by atoms with Crippen molar-refractivity contribution < 1.29 is 0 Å². The van der Waals surface area contributed by atoms with Crippen molar-refractivity contribution in [2.75, 3.05) is 32.7 Å². The molecule has 0 aromatic carbocycles. The molecule has 1 atom stereocenters. The van der Waals surface area contributed by atoms with E-state index in [1.165, 1.54) is 45.2 Å². The minimum atomic E-state index is -0.0213. The van der Waals surface area contributed by atoms with Gasteiger partial charge in [0, 0.05) is 43.2 Å². The van der Waals surface area contributed by atoms with Gasteiger partial charge in [0.05, 0.1) is 12.2 Å². The molecule has 0 spiro atoms. The van der Waals surface area contributed by atoms with Crippen molar-refractivity contribution in [3.63, 3.8) is 0 Å². The highest BCUT2D eigenvalue weighted by Gasteiger charge is 2.26. The van der Waals surface area contributed by atoms with Crippen molar-refractivity contribution in [3.8, 4) is 11.3 Å². The third kappa shape index (κ3) is 4.86. The first-order valence-corrected chi connectivity index (χ1v) is 10.7. The number of aromatic nitrogens is 3. The standard InChI is InChI=1S/C22H31N5O/c28-22-10-9-21(19-7-5-11-23-17-19)24-27(22)18-20-8-6-14-26(20)16-15-25-12-3-1-2-4-13-25/h5,7,9-11,17,20H,1-4,6,8,12-16,18H2. The fourth-order valence-electron chi connectivity index (χ4n) is 4.47. The molecule has 2 saturated heterocycles. The molecule has 6 heteroatoms. The SMILES string of the molecule is O=c1ccc(-c2cccnc2)nn1CC1CCCN1CCN1CCCCCC1. The van der Waals surface area contributed by atoms with Crippen molar-refractivity contribution in [1.29, 1.82) is 0 Å². The van der Waals surface area contributed by atoms with Gasteiger partial charge in [0.15, 0.2) is 0 Å². The third-order valence-corrected chi connectivity index (χ3v) is 6.11. The highest BCUT2D eigenvalue weighted by molar-refractivity contribution is 5.56. The van der Waals surface area contributed by atoms with Crippen LogP contribution in [0.15, 0.2) is 41.5 Å². The summed E-state index contributed by atoms with van der Waals surface area (Å²) in [5.41, 5.74) is 1.73. The number of rotatable bonds is 6. The maximum absolute atomic E-state index is 12.4. The lowest BCUT2D eigenvalue weighted by Gasteiger charge is -2.28. The molecule has 0 aliphatic carbocycles. The number of pyridine rings is 1. The molecule has 28 heavy (non-hydrogen) atoms. The Kier molecular flexibility index (Phi) is 6.49. The molecule has 150 valence electrons. The van der Waals surface area contributed by atoms with Gasteiger partial charge in [0.1, 0.15) is 0 Å². The maximum Gasteiger partial charge on any atom is 0.266 e. The molecule has 6 nitrogen and oxygen atoms in total. The van der Waals surface area contributed by atoms with E-state index in [4.69, 9.17) is 0 Å². The summed E-state index contributed by atoms with van der Waals surface area (Å²) < 4.78 is 1.65. The van der Waals surface area contributed by atoms with Crippen LogP contribution in [0.4, 0.5) is 0 Å². The number of likely N-dealkylation sites (tertiary alicyclic amines) is 2. The second kappa shape index (κ2) is 9.43. The van der Waals surface area contributed by atoms with E-state index < -0.39 is 0 Å². The second-order valence-corrected chi connectivity index (χ2v) is 8.07. The van der Waals surface area contributed by atoms with Crippen LogP contribution in [-0.2, 0) is 6.54 Å². The lowest BCUT2D eigenvalue weighted by atomic mass is 10.2. The molecular weight excluding hydrogens is 350 g/mol. The summed E-state index contributed by atoms with van der Waals surface area (Å²) in [6, 6.07) is 7.70. The van der Waals surface area contributed by atoms with E-state index in [0.29, 0.717) is 12.6 Å². The molecule has 0 amide bonds. The van der Waals surface area contributed by atoms with Crippen LogP contribution in [-0.4, -0.2) is 63.3 Å². The first-order valence-electron chi connectivity index (χ1n) is 10.7. The van der Waals surface area contributed by atoms with Crippen LogP contribution >= 0.6 is 0 Å². The molecule has 2 aliphatic rings. The van der Waals surface area contributed by atoms with E-state index in [9.17, 15) is 4.79 Å². The number of nitrogens with zero attached hydrogens (tertiary/aromatic N) is 5. The molecule has 4 heterocycles. The summed E-state index contributed by atoms with van der Waals surface area (Å²) >= 11 is 0. The first kappa shape index (κ1) is 19.3. The van der Waals surface area contributed by atoms with Gasteiger partial charge in [-0.25, -0.2) is 4.68 Å². The predicted molar refractivity (Wildman–Crippen MR) is 111 cm³/mol. The lowest BCUT2D eigenvalue weighted by Crippen LogP contribution is -2.41. The maximum atomic E-state index is 12.4. The molecule has 0 bridgehead atoms. The zero-order chi connectivity index (χ0) is 19.2. The molecule has 0 N–H and O–H groups in total. The predicted octanol–water partition coefficient (Wildman–Crippen LogP) is 2.65. The van der Waals surface area contributed by atoms with Gasteiger partial charge in [-0.15, -0.1) is 0 Å². The summed E-state index contributed by atoms with van der Waals surface area (Å²) in [5, 5.41) is 4.63. The van der Waals surface area contributed by atoms with Crippen molar-refractivity contribution in [2.24, 2.45) is 0 Å². The van der Waals surface area contributed by atoms with Gasteiger partial charge in [0.2, 0.25) is 0 Å². The summed E-state index contributed by atoms with van der Waals surface area (Å²) in [4.78, 5) is 21.7. The zero-order valence-electron chi connectivity index (χ0n) is 16.7. The fraction of sp³-hybridized carbons (Fsp3) is 0.591. The highest BCUT2D eigenvalue weighted by atomic mass is 16.1. The normalized spacial score (nSPS) is 21.6. The van der Waals surface area contributed by atoms with Gasteiger partial charge >= 0.3 is 0 Å². The van der Waals surface area contributed by atoms with E-state index in [1.807, 2.05) is 12.1 Å². The third-order valence-electron chi connectivity index (χ3n) is 6.11. The molecule has 2 aliphatic heterocycles. The smallest absolute Gasteiger partial charge is 0.266 e. The molecular formula is C22H31N5O. The average Bonchev–Trinajstić information content (AvgIpc) is 3.00. The summed E-state index contributed by atoms with van der Waals surface area (Å²) in [5.74, 6) is 0. The van der Waals surface area contributed by atoms with Gasteiger partial charge in [-0.3, -0.25) is 14.7 Å². The Balaban J connectivity index is 1.40.